The molecule has 0 aromatic heterocycles. The van der Waals surface area contributed by atoms with Gasteiger partial charge in [0.2, 0.25) is 0 Å². The molecule has 0 heterocycles. The van der Waals surface area contributed by atoms with Gasteiger partial charge in [-0.3, -0.25) is 0 Å². The first-order valence-corrected chi connectivity index (χ1v) is 14.7. The summed E-state index contributed by atoms with van der Waals surface area (Å²) in [5.74, 6) is 0. The van der Waals surface area contributed by atoms with E-state index in [1.165, 1.54) is 9.15 Å². The zero-order chi connectivity index (χ0) is 9.90. The Hall–Kier alpha value is -0.241. The van der Waals surface area contributed by atoms with E-state index in [-0.39, 0.29) is 0 Å². The molecule has 0 N–H and O–H groups in total. The first kappa shape index (κ1) is 10.8. The van der Waals surface area contributed by atoms with E-state index in [4.69, 9.17) is 0 Å². The van der Waals surface area contributed by atoms with E-state index in [0.29, 0.717) is 0 Å². The molecule has 0 amide bonds. The molecule has 0 saturated heterocycles. The summed E-state index contributed by atoms with van der Waals surface area (Å²) in [6, 6.07) is 10.6. The van der Waals surface area contributed by atoms with Gasteiger partial charge in [0.25, 0.3) is 0 Å². The van der Waals surface area contributed by atoms with Crippen molar-refractivity contribution in [1.82, 2.24) is 0 Å². The summed E-state index contributed by atoms with van der Waals surface area (Å²) in [7, 11) is 0. The number of benzene rings is 1. The first-order chi connectivity index (χ1) is 6.00. The molecule has 1 aromatic rings. The van der Waals surface area contributed by atoms with Crippen LogP contribution >= 0.6 is 0 Å². The topological polar surface area (TPSA) is 0 Å². The van der Waals surface area contributed by atoms with Crippen LogP contribution in [0.4, 0.5) is 0 Å². The molecular weight excluding hydrogens is 263 g/mol. The summed E-state index contributed by atoms with van der Waals surface area (Å²) >= 11 is -1.83. The van der Waals surface area contributed by atoms with Gasteiger partial charge < -0.3 is 0 Å². The van der Waals surface area contributed by atoms with Crippen LogP contribution in [0, 0.1) is 0 Å². The molecule has 1 rings (SSSR count). The molecule has 1 aromatic carbocycles. The maximum atomic E-state index is 4.21. The second-order valence-electron chi connectivity index (χ2n) is 4.52. The van der Waals surface area contributed by atoms with Crippen LogP contribution in [0.25, 0.3) is 0 Å². The van der Waals surface area contributed by atoms with Crippen molar-refractivity contribution in [2.24, 2.45) is 0 Å². The molecular formula is C12H18Sn. The number of rotatable bonds is 3. The Morgan fingerprint density at radius 3 is 2.15 bits per heavy atom. The molecule has 0 radical (unpaired) electrons. The molecule has 0 spiro atoms. The molecule has 0 unspecified atom stereocenters. The Bertz CT molecular complexity index is 280. The van der Waals surface area contributed by atoms with Crippen molar-refractivity contribution in [2.45, 2.75) is 21.2 Å². The van der Waals surface area contributed by atoms with Gasteiger partial charge in [0.05, 0.1) is 0 Å². The van der Waals surface area contributed by atoms with Crippen LogP contribution in [-0.4, -0.2) is 18.4 Å². The van der Waals surface area contributed by atoms with E-state index in [2.05, 4.69) is 51.7 Å². The van der Waals surface area contributed by atoms with Crippen molar-refractivity contribution in [3.05, 3.63) is 46.1 Å². The maximum absolute atomic E-state index is 4.21. The third-order valence-electron chi connectivity index (χ3n) is 2.32. The fraction of sp³-hybridized carbons (Fsp3) is 0.333. The molecule has 1 heteroatoms. The number of hydrogen-bond donors (Lipinski definition) is 0. The van der Waals surface area contributed by atoms with E-state index in [9.17, 15) is 0 Å². The van der Waals surface area contributed by atoms with Crippen LogP contribution in [0.15, 0.2) is 40.5 Å². The number of hydrogen-bond acceptors (Lipinski definition) is 0. The molecule has 0 fully saturated rings. The summed E-state index contributed by atoms with van der Waals surface area (Å²) in [5.41, 5.74) is 1.40. The van der Waals surface area contributed by atoms with E-state index in [1.54, 1.807) is 0 Å². The summed E-state index contributed by atoms with van der Waals surface area (Å²) in [6.07, 6.45) is 1.08. The Morgan fingerprint density at radius 1 is 1.15 bits per heavy atom. The summed E-state index contributed by atoms with van der Waals surface area (Å²) in [4.78, 5) is 7.25. The third-order valence-corrected chi connectivity index (χ3v) is 8.88. The molecule has 0 bridgehead atoms. The molecule has 13 heavy (non-hydrogen) atoms. The Morgan fingerprint density at radius 2 is 1.69 bits per heavy atom. The average molecular weight is 281 g/mol. The van der Waals surface area contributed by atoms with Gasteiger partial charge in [-0.25, -0.2) is 0 Å². The van der Waals surface area contributed by atoms with Gasteiger partial charge in [-0.15, -0.1) is 0 Å². The molecule has 0 aliphatic carbocycles. The van der Waals surface area contributed by atoms with Crippen LogP contribution in [0.2, 0.25) is 14.8 Å². The van der Waals surface area contributed by atoms with Gasteiger partial charge in [-0.1, -0.05) is 0 Å². The first-order valence-electron chi connectivity index (χ1n) is 4.72. The predicted octanol–water partition coefficient (Wildman–Crippen LogP) is 3.66. The predicted molar refractivity (Wildman–Crippen MR) is 62.6 cm³/mol. The third kappa shape index (κ3) is 3.55. The van der Waals surface area contributed by atoms with E-state index >= 15 is 0 Å². The second-order valence-corrected chi connectivity index (χ2v) is 19.4. The van der Waals surface area contributed by atoms with Crippen molar-refractivity contribution in [3.63, 3.8) is 0 Å². The van der Waals surface area contributed by atoms with Crippen LogP contribution < -0.4 is 0 Å². The standard InChI is InChI=1S/C9H9.3CH3.Sn/c1-2-6-9-7-4-3-5-8-9;;;;/h3-5,7-8H,1,6H2;3*1H3;. The van der Waals surface area contributed by atoms with Gasteiger partial charge in [-0.05, 0) is 0 Å². The fourth-order valence-electron chi connectivity index (χ4n) is 1.11. The normalized spacial score (nSPS) is 11.3. The Labute approximate surface area is 85.5 Å². The minimum absolute atomic E-state index is 1.08. The van der Waals surface area contributed by atoms with Crippen LogP contribution in [-0.2, 0) is 6.42 Å². The second kappa shape index (κ2) is 4.32. The fourth-order valence-corrected chi connectivity index (χ4v) is 3.20. The average Bonchev–Trinajstić information content (AvgIpc) is 2.04. The quantitative estimate of drug-likeness (QED) is 0.742. The Balaban J connectivity index is 2.66. The van der Waals surface area contributed by atoms with Crippen molar-refractivity contribution >= 4 is 18.4 Å². The molecule has 0 aliphatic rings. The van der Waals surface area contributed by atoms with Crippen molar-refractivity contribution in [2.75, 3.05) is 0 Å². The zero-order valence-corrected chi connectivity index (χ0v) is 11.7. The van der Waals surface area contributed by atoms with Crippen molar-refractivity contribution < 1.29 is 0 Å². The number of allylic oxidation sites excluding steroid dienone is 1. The van der Waals surface area contributed by atoms with Crippen molar-refractivity contribution in [3.8, 4) is 0 Å². The molecule has 0 aliphatic heterocycles. The minimum atomic E-state index is -1.83. The zero-order valence-electron chi connectivity index (χ0n) is 8.80. The van der Waals surface area contributed by atoms with E-state index in [1.807, 2.05) is 0 Å². The van der Waals surface area contributed by atoms with Gasteiger partial charge in [0.1, 0.15) is 0 Å². The van der Waals surface area contributed by atoms with Gasteiger partial charge >= 0.3 is 85.7 Å². The van der Waals surface area contributed by atoms with E-state index in [0.717, 1.165) is 6.42 Å². The summed E-state index contributed by atoms with van der Waals surface area (Å²) in [6.45, 7) is 4.21. The van der Waals surface area contributed by atoms with Crippen molar-refractivity contribution in [1.29, 1.82) is 0 Å². The Kier molecular flexibility index (Phi) is 3.60. The van der Waals surface area contributed by atoms with Gasteiger partial charge in [0, 0.05) is 0 Å². The molecule has 0 saturated carbocycles. The SMILES string of the molecule is C=[C](Cc1ccccc1)[Sn]([CH3])([CH3])[CH3]. The van der Waals surface area contributed by atoms with E-state index < -0.39 is 18.4 Å². The van der Waals surface area contributed by atoms with Crippen LogP contribution in [0.3, 0.4) is 0 Å². The van der Waals surface area contributed by atoms with Gasteiger partial charge in [-0.2, -0.15) is 0 Å². The monoisotopic (exact) mass is 282 g/mol. The summed E-state index contributed by atoms with van der Waals surface area (Å²) in [5, 5.41) is 0. The van der Waals surface area contributed by atoms with Crippen LogP contribution in [0.5, 0.6) is 0 Å². The molecule has 70 valence electrons. The van der Waals surface area contributed by atoms with Gasteiger partial charge in [0.15, 0.2) is 0 Å². The molecule has 0 atom stereocenters. The van der Waals surface area contributed by atoms with Crippen LogP contribution in [0.1, 0.15) is 5.56 Å². The molecule has 0 nitrogen and oxygen atoms in total. The summed E-state index contributed by atoms with van der Waals surface area (Å²) < 4.78 is 1.50.